The highest BCUT2D eigenvalue weighted by atomic mass is 32.1. The first-order chi connectivity index (χ1) is 30.2. The standard InChI is InChI=1S/C57H33N3S/c1-3-15-38-36(13-1)31-48(42-19-7-5-17-40(38)42)51-33-52(49-32-37-14-2-4-16-39(37)41-18-6-8-20-43(41)49)60-57(59-51)35-27-25-34(26-28-35)55-47-30-29-45-44-21-10-12-24-53(44)61-56(45)54(47)46-22-9-11-23-50(46)58-55/h1-33H. The summed E-state index contributed by atoms with van der Waals surface area (Å²) < 4.78 is 2.60. The lowest BCUT2D eigenvalue weighted by atomic mass is 9.93. The number of pyridine rings is 1. The molecule has 61 heavy (non-hydrogen) atoms. The molecule has 0 N–H and O–H groups in total. The summed E-state index contributed by atoms with van der Waals surface area (Å²) in [6, 6.07) is 71.9. The number of benzene rings is 10. The molecule has 13 rings (SSSR count). The maximum atomic E-state index is 5.42. The van der Waals surface area contributed by atoms with Crippen molar-refractivity contribution in [2.75, 3.05) is 0 Å². The number of nitrogens with zero attached hydrogens (tertiary/aromatic N) is 3. The van der Waals surface area contributed by atoms with Crippen molar-refractivity contribution < 1.29 is 0 Å². The van der Waals surface area contributed by atoms with Gasteiger partial charge in [0, 0.05) is 58.6 Å². The molecule has 282 valence electrons. The van der Waals surface area contributed by atoms with Gasteiger partial charge in [0.15, 0.2) is 5.82 Å². The fourth-order valence-corrected chi connectivity index (χ4v) is 10.9. The van der Waals surface area contributed by atoms with Gasteiger partial charge in [0.1, 0.15) is 0 Å². The molecule has 0 bridgehead atoms. The molecule has 10 aromatic carbocycles. The lowest BCUT2D eigenvalue weighted by Gasteiger charge is -2.15. The van der Waals surface area contributed by atoms with E-state index in [2.05, 4.69) is 200 Å². The van der Waals surface area contributed by atoms with Gasteiger partial charge in [-0.15, -0.1) is 11.3 Å². The van der Waals surface area contributed by atoms with E-state index in [-0.39, 0.29) is 0 Å². The van der Waals surface area contributed by atoms with Gasteiger partial charge in [-0.25, -0.2) is 15.0 Å². The highest BCUT2D eigenvalue weighted by Gasteiger charge is 2.19. The molecule has 0 atom stereocenters. The molecule has 0 aliphatic rings. The molecule has 0 fully saturated rings. The predicted molar refractivity (Wildman–Crippen MR) is 259 cm³/mol. The van der Waals surface area contributed by atoms with Crippen molar-refractivity contribution >= 4 is 96.3 Å². The van der Waals surface area contributed by atoms with Gasteiger partial charge in [-0.05, 0) is 73.4 Å². The number of hydrogen-bond acceptors (Lipinski definition) is 4. The maximum Gasteiger partial charge on any atom is 0.160 e. The quantitative estimate of drug-likeness (QED) is 0.167. The third-order valence-electron chi connectivity index (χ3n) is 12.4. The zero-order valence-corrected chi connectivity index (χ0v) is 33.6. The van der Waals surface area contributed by atoms with Gasteiger partial charge in [-0.3, -0.25) is 0 Å². The van der Waals surface area contributed by atoms with E-state index in [1.165, 1.54) is 63.3 Å². The van der Waals surface area contributed by atoms with Crippen LogP contribution in [0.1, 0.15) is 0 Å². The van der Waals surface area contributed by atoms with Crippen LogP contribution in [0.25, 0.3) is 130 Å². The first-order valence-corrected chi connectivity index (χ1v) is 21.5. The maximum absolute atomic E-state index is 5.42. The molecule has 0 radical (unpaired) electrons. The zero-order chi connectivity index (χ0) is 40.0. The van der Waals surface area contributed by atoms with Crippen LogP contribution in [0, 0.1) is 0 Å². The summed E-state index contributed by atoms with van der Waals surface area (Å²) in [6.07, 6.45) is 0. The summed E-state index contributed by atoms with van der Waals surface area (Å²) in [6.45, 7) is 0. The van der Waals surface area contributed by atoms with Crippen LogP contribution in [-0.2, 0) is 0 Å². The number of thiophene rings is 1. The minimum Gasteiger partial charge on any atom is -0.247 e. The van der Waals surface area contributed by atoms with Gasteiger partial charge in [0.25, 0.3) is 0 Å². The van der Waals surface area contributed by atoms with Crippen molar-refractivity contribution in [3.8, 4) is 45.2 Å². The van der Waals surface area contributed by atoms with Gasteiger partial charge < -0.3 is 0 Å². The lowest BCUT2D eigenvalue weighted by Crippen LogP contribution is -1.98. The second-order valence-corrected chi connectivity index (χ2v) is 16.9. The van der Waals surface area contributed by atoms with E-state index in [9.17, 15) is 0 Å². The first kappa shape index (κ1) is 34.1. The van der Waals surface area contributed by atoms with Crippen molar-refractivity contribution in [1.82, 2.24) is 15.0 Å². The van der Waals surface area contributed by atoms with E-state index in [0.29, 0.717) is 5.82 Å². The Morgan fingerprint density at radius 2 is 0.820 bits per heavy atom. The summed E-state index contributed by atoms with van der Waals surface area (Å²) in [5, 5.41) is 15.7. The molecule has 3 heterocycles. The molecule has 0 unspecified atom stereocenters. The van der Waals surface area contributed by atoms with Crippen LogP contribution < -0.4 is 0 Å². The monoisotopic (exact) mass is 791 g/mol. The number of aromatic nitrogens is 3. The van der Waals surface area contributed by atoms with Crippen molar-refractivity contribution in [1.29, 1.82) is 0 Å². The minimum absolute atomic E-state index is 0.678. The van der Waals surface area contributed by atoms with Crippen LogP contribution in [0.2, 0.25) is 0 Å². The molecule has 4 heteroatoms. The molecule has 0 saturated heterocycles. The number of fused-ring (bicyclic) bond motifs is 13. The summed E-state index contributed by atoms with van der Waals surface area (Å²) in [5.41, 5.74) is 7.90. The molecule has 3 nitrogen and oxygen atoms in total. The van der Waals surface area contributed by atoms with Crippen LogP contribution in [0.5, 0.6) is 0 Å². The number of hydrogen-bond donors (Lipinski definition) is 0. The average Bonchev–Trinajstić information content (AvgIpc) is 3.72. The zero-order valence-electron chi connectivity index (χ0n) is 32.8. The largest absolute Gasteiger partial charge is 0.247 e. The van der Waals surface area contributed by atoms with Gasteiger partial charge >= 0.3 is 0 Å². The normalized spacial score (nSPS) is 11.9. The van der Waals surface area contributed by atoms with Crippen molar-refractivity contribution in [3.63, 3.8) is 0 Å². The highest BCUT2D eigenvalue weighted by molar-refractivity contribution is 7.26. The third kappa shape index (κ3) is 5.33. The van der Waals surface area contributed by atoms with E-state index in [1.54, 1.807) is 0 Å². The van der Waals surface area contributed by atoms with Gasteiger partial charge in [-0.2, -0.15) is 0 Å². The second kappa shape index (κ2) is 13.4. The molecular formula is C57H33N3S. The van der Waals surface area contributed by atoms with Gasteiger partial charge in [0.2, 0.25) is 0 Å². The van der Waals surface area contributed by atoms with Crippen molar-refractivity contribution in [3.05, 3.63) is 200 Å². The topological polar surface area (TPSA) is 38.7 Å². The Morgan fingerprint density at radius 1 is 0.328 bits per heavy atom. The Morgan fingerprint density at radius 3 is 1.46 bits per heavy atom. The predicted octanol–water partition coefficient (Wildman–Crippen LogP) is 15.8. The molecule has 3 aromatic heterocycles. The molecular weight excluding hydrogens is 759 g/mol. The van der Waals surface area contributed by atoms with Crippen LogP contribution in [0.3, 0.4) is 0 Å². The third-order valence-corrected chi connectivity index (χ3v) is 13.6. The van der Waals surface area contributed by atoms with E-state index in [4.69, 9.17) is 15.0 Å². The Labute approximate surface area is 354 Å². The van der Waals surface area contributed by atoms with Crippen LogP contribution >= 0.6 is 11.3 Å². The fraction of sp³-hybridized carbons (Fsp3) is 0. The molecule has 0 saturated carbocycles. The highest BCUT2D eigenvalue weighted by Crippen LogP contribution is 2.44. The smallest absolute Gasteiger partial charge is 0.160 e. The summed E-state index contributed by atoms with van der Waals surface area (Å²) >= 11 is 1.87. The second-order valence-electron chi connectivity index (χ2n) is 15.9. The van der Waals surface area contributed by atoms with Gasteiger partial charge in [0.05, 0.1) is 22.6 Å². The Kier molecular flexibility index (Phi) is 7.47. The Hall–Kier alpha value is -7.79. The Bertz CT molecular complexity index is 3800. The summed E-state index contributed by atoms with van der Waals surface area (Å²) in [5.74, 6) is 0.678. The van der Waals surface area contributed by atoms with Crippen molar-refractivity contribution in [2.24, 2.45) is 0 Å². The lowest BCUT2D eigenvalue weighted by molar-refractivity contribution is 1.19. The molecule has 13 aromatic rings. The summed E-state index contributed by atoms with van der Waals surface area (Å²) in [7, 11) is 0. The van der Waals surface area contributed by atoms with E-state index >= 15 is 0 Å². The van der Waals surface area contributed by atoms with E-state index in [1.807, 2.05) is 11.3 Å². The van der Waals surface area contributed by atoms with Crippen molar-refractivity contribution in [2.45, 2.75) is 0 Å². The Balaban J connectivity index is 1.03. The first-order valence-electron chi connectivity index (χ1n) is 20.7. The average molecular weight is 792 g/mol. The molecule has 0 spiro atoms. The van der Waals surface area contributed by atoms with Crippen LogP contribution in [0.15, 0.2) is 200 Å². The SMILES string of the molecule is c1ccc2c(c1)cc(-c1cc(-c3cc4ccccc4c4ccccc34)nc(-c3ccc(-c4nc5ccccc5c5c4ccc4c6ccccc6sc45)cc3)n1)c1ccccc12. The van der Waals surface area contributed by atoms with Crippen LogP contribution in [-0.4, -0.2) is 15.0 Å². The summed E-state index contributed by atoms with van der Waals surface area (Å²) in [4.78, 5) is 16.2. The molecule has 0 aliphatic heterocycles. The minimum atomic E-state index is 0.678. The van der Waals surface area contributed by atoms with Crippen LogP contribution in [0.4, 0.5) is 0 Å². The number of rotatable bonds is 4. The van der Waals surface area contributed by atoms with E-state index < -0.39 is 0 Å². The van der Waals surface area contributed by atoms with Gasteiger partial charge in [-0.1, -0.05) is 170 Å². The molecule has 0 aliphatic carbocycles. The molecule has 0 amide bonds. The van der Waals surface area contributed by atoms with E-state index in [0.717, 1.165) is 61.0 Å². The fourth-order valence-electron chi connectivity index (χ4n) is 9.60. The number of para-hydroxylation sites is 1.